The summed E-state index contributed by atoms with van der Waals surface area (Å²) in [6.45, 7) is 6.04. The fourth-order valence-corrected chi connectivity index (χ4v) is 1.97. The van der Waals surface area contributed by atoms with Gasteiger partial charge in [-0.1, -0.05) is 0 Å². The van der Waals surface area contributed by atoms with Crippen molar-refractivity contribution in [1.82, 2.24) is 5.32 Å². The molecule has 2 unspecified atom stereocenters. The molecular formula is C12H27NO4S. The Bertz CT molecular complexity index is 205. The number of ether oxygens (including phenoxy) is 3. The second-order valence-corrected chi connectivity index (χ2v) is 5.69. The zero-order valence-corrected chi connectivity index (χ0v) is 12.6. The molecule has 0 saturated carbocycles. The molecule has 0 fully saturated rings. The second-order valence-electron chi connectivity index (χ2n) is 4.14. The summed E-state index contributed by atoms with van der Waals surface area (Å²) < 4.78 is 26.4. The molecule has 0 radical (unpaired) electrons. The van der Waals surface area contributed by atoms with E-state index in [-0.39, 0.29) is 0 Å². The van der Waals surface area contributed by atoms with Gasteiger partial charge in [0.05, 0.1) is 33.0 Å². The van der Waals surface area contributed by atoms with Gasteiger partial charge in [0.15, 0.2) is 0 Å². The van der Waals surface area contributed by atoms with Gasteiger partial charge in [0.1, 0.15) is 0 Å². The van der Waals surface area contributed by atoms with Crippen LogP contribution in [0.15, 0.2) is 0 Å². The van der Waals surface area contributed by atoms with Gasteiger partial charge in [0.2, 0.25) is 0 Å². The molecule has 0 heterocycles. The van der Waals surface area contributed by atoms with Crippen molar-refractivity contribution in [3.8, 4) is 0 Å². The summed E-state index contributed by atoms with van der Waals surface area (Å²) in [4.78, 5) is 0. The largest absolute Gasteiger partial charge is 0.382 e. The SMILES string of the molecule is COCCOCCOCCNC(C)CCS(C)=O. The highest BCUT2D eigenvalue weighted by Gasteiger charge is 2.01. The second kappa shape index (κ2) is 13.4. The van der Waals surface area contributed by atoms with Crippen molar-refractivity contribution in [2.24, 2.45) is 0 Å². The van der Waals surface area contributed by atoms with Gasteiger partial charge in [-0.2, -0.15) is 0 Å². The lowest BCUT2D eigenvalue weighted by Crippen LogP contribution is -2.30. The van der Waals surface area contributed by atoms with E-state index in [1.165, 1.54) is 0 Å². The van der Waals surface area contributed by atoms with Crippen molar-refractivity contribution >= 4 is 10.8 Å². The van der Waals surface area contributed by atoms with Crippen LogP contribution >= 0.6 is 0 Å². The van der Waals surface area contributed by atoms with Crippen LogP contribution in [0, 0.1) is 0 Å². The van der Waals surface area contributed by atoms with Crippen LogP contribution in [0.2, 0.25) is 0 Å². The molecule has 0 bridgehead atoms. The van der Waals surface area contributed by atoms with Crippen molar-refractivity contribution in [3.05, 3.63) is 0 Å². The van der Waals surface area contributed by atoms with Crippen LogP contribution in [-0.2, 0) is 25.0 Å². The van der Waals surface area contributed by atoms with Crippen molar-refractivity contribution in [2.75, 3.05) is 58.7 Å². The van der Waals surface area contributed by atoms with E-state index in [1.54, 1.807) is 13.4 Å². The van der Waals surface area contributed by atoms with Crippen LogP contribution in [-0.4, -0.2) is 68.9 Å². The third-order valence-corrected chi connectivity index (χ3v) is 3.19. The smallest absolute Gasteiger partial charge is 0.0701 e. The first-order valence-electron chi connectivity index (χ1n) is 6.34. The summed E-state index contributed by atoms with van der Waals surface area (Å²) in [6.07, 6.45) is 2.67. The molecule has 0 aliphatic heterocycles. The third-order valence-electron chi connectivity index (χ3n) is 2.38. The zero-order chi connectivity index (χ0) is 13.6. The molecule has 0 amide bonds. The van der Waals surface area contributed by atoms with Gasteiger partial charge >= 0.3 is 0 Å². The first-order chi connectivity index (χ1) is 8.66. The predicted octanol–water partition coefficient (Wildman–Crippen LogP) is 0.413. The molecule has 0 aliphatic carbocycles. The summed E-state index contributed by atoms with van der Waals surface area (Å²) in [6, 6.07) is 0.385. The normalized spacial score (nSPS) is 14.6. The van der Waals surface area contributed by atoms with E-state index in [0.717, 1.165) is 18.7 Å². The zero-order valence-electron chi connectivity index (χ0n) is 11.8. The molecule has 6 heteroatoms. The average molecular weight is 281 g/mol. The molecule has 5 nitrogen and oxygen atoms in total. The van der Waals surface area contributed by atoms with E-state index in [1.807, 2.05) is 0 Å². The highest BCUT2D eigenvalue weighted by molar-refractivity contribution is 7.84. The minimum atomic E-state index is -0.699. The molecule has 0 aromatic heterocycles. The first-order valence-corrected chi connectivity index (χ1v) is 8.07. The van der Waals surface area contributed by atoms with Crippen LogP contribution in [0.4, 0.5) is 0 Å². The van der Waals surface area contributed by atoms with E-state index in [0.29, 0.717) is 39.1 Å². The molecule has 0 spiro atoms. The number of rotatable bonds is 13. The van der Waals surface area contributed by atoms with E-state index in [9.17, 15) is 4.21 Å². The standard InChI is InChI=1S/C12H27NO4S/c1-12(4-11-18(3)14)13-5-6-16-9-10-17-8-7-15-2/h12-13H,4-11H2,1-3H3. The highest BCUT2D eigenvalue weighted by Crippen LogP contribution is 1.92. The number of hydrogen-bond acceptors (Lipinski definition) is 5. The van der Waals surface area contributed by atoms with Gasteiger partial charge in [0, 0.05) is 42.5 Å². The topological polar surface area (TPSA) is 56.8 Å². The van der Waals surface area contributed by atoms with Gasteiger partial charge in [-0.25, -0.2) is 0 Å². The van der Waals surface area contributed by atoms with E-state index in [2.05, 4.69) is 12.2 Å². The van der Waals surface area contributed by atoms with Gasteiger partial charge < -0.3 is 19.5 Å². The molecule has 18 heavy (non-hydrogen) atoms. The van der Waals surface area contributed by atoms with E-state index < -0.39 is 10.8 Å². The maximum absolute atomic E-state index is 10.9. The highest BCUT2D eigenvalue weighted by atomic mass is 32.2. The van der Waals surface area contributed by atoms with Gasteiger partial charge in [0.25, 0.3) is 0 Å². The number of methoxy groups -OCH3 is 1. The summed E-state index contributed by atoms with van der Waals surface area (Å²) in [5.41, 5.74) is 0. The Hall–Kier alpha value is -0.0100. The maximum Gasteiger partial charge on any atom is 0.0701 e. The molecule has 0 aromatic carbocycles. The van der Waals surface area contributed by atoms with Gasteiger partial charge in [-0.05, 0) is 13.3 Å². The van der Waals surface area contributed by atoms with Crippen LogP contribution in [0.5, 0.6) is 0 Å². The molecule has 0 aromatic rings. The first kappa shape index (κ1) is 18.0. The van der Waals surface area contributed by atoms with Crippen LogP contribution in [0.25, 0.3) is 0 Å². The fourth-order valence-electron chi connectivity index (χ4n) is 1.29. The Labute approximate surface area is 113 Å². The summed E-state index contributed by atoms with van der Waals surface area (Å²) in [5, 5.41) is 3.33. The van der Waals surface area contributed by atoms with E-state index >= 15 is 0 Å². The monoisotopic (exact) mass is 281 g/mol. The Kier molecular flexibility index (Phi) is 13.4. The number of nitrogens with one attached hydrogen (secondary N) is 1. The summed E-state index contributed by atoms with van der Waals surface area (Å²) >= 11 is 0. The van der Waals surface area contributed by atoms with E-state index in [4.69, 9.17) is 14.2 Å². The molecule has 0 saturated heterocycles. The van der Waals surface area contributed by atoms with Crippen LogP contribution in [0.1, 0.15) is 13.3 Å². The fraction of sp³-hybridized carbons (Fsp3) is 1.00. The van der Waals surface area contributed by atoms with Gasteiger partial charge in [-0.3, -0.25) is 4.21 Å². The number of hydrogen-bond donors (Lipinski definition) is 1. The molecule has 0 aliphatic rings. The Balaban J connectivity index is 3.12. The molecule has 110 valence electrons. The lowest BCUT2D eigenvalue weighted by molar-refractivity contribution is 0.0253. The van der Waals surface area contributed by atoms with Crippen LogP contribution in [0.3, 0.4) is 0 Å². The quantitative estimate of drug-likeness (QED) is 0.496. The summed E-state index contributed by atoms with van der Waals surface area (Å²) in [7, 11) is 0.955. The maximum atomic E-state index is 10.9. The molecule has 2 atom stereocenters. The summed E-state index contributed by atoms with van der Waals surface area (Å²) in [5.74, 6) is 0.752. The van der Waals surface area contributed by atoms with Gasteiger partial charge in [-0.15, -0.1) is 0 Å². The predicted molar refractivity (Wildman–Crippen MR) is 74.5 cm³/mol. The Morgan fingerprint density at radius 3 is 2.33 bits per heavy atom. The van der Waals surface area contributed by atoms with Crippen LogP contribution < -0.4 is 5.32 Å². The molecular weight excluding hydrogens is 254 g/mol. The van der Waals surface area contributed by atoms with Crippen molar-refractivity contribution in [3.63, 3.8) is 0 Å². The molecule has 1 N–H and O–H groups in total. The minimum Gasteiger partial charge on any atom is -0.382 e. The Morgan fingerprint density at radius 2 is 1.72 bits per heavy atom. The molecule has 0 rings (SSSR count). The lowest BCUT2D eigenvalue weighted by Gasteiger charge is -2.13. The minimum absolute atomic E-state index is 0.385. The van der Waals surface area contributed by atoms with Crippen molar-refractivity contribution in [2.45, 2.75) is 19.4 Å². The third kappa shape index (κ3) is 14.1. The van der Waals surface area contributed by atoms with Crippen molar-refractivity contribution in [1.29, 1.82) is 0 Å². The lowest BCUT2D eigenvalue weighted by atomic mass is 10.2. The van der Waals surface area contributed by atoms with Crippen molar-refractivity contribution < 1.29 is 18.4 Å². The average Bonchev–Trinajstić information content (AvgIpc) is 2.34. The Morgan fingerprint density at radius 1 is 1.11 bits per heavy atom.